The quantitative estimate of drug-likeness (QED) is 0.376. The molecule has 7 nitrogen and oxygen atoms in total. The van der Waals surface area contributed by atoms with Crippen LogP contribution in [-0.4, -0.2) is 32.3 Å². The van der Waals surface area contributed by atoms with Gasteiger partial charge in [-0.25, -0.2) is 0 Å². The summed E-state index contributed by atoms with van der Waals surface area (Å²) in [5.41, 5.74) is 19.6. The molecule has 0 heterocycles. The fourth-order valence-corrected chi connectivity index (χ4v) is 0. The van der Waals surface area contributed by atoms with E-state index in [0.29, 0.717) is 26.2 Å². The smallest absolute Gasteiger partial charge is 0.652 e. The van der Waals surface area contributed by atoms with Crippen molar-refractivity contribution in [2.75, 3.05) is 26.2 Å². The van der Waals surface area contributed by atoms with E-state index in [1.54, 1.807) is 0 Å². The zero-order valence-corrected chi connectivity index (χ0v) is 9.45. The van der Waals surface area contributed by atoms with Gasteiger partial charge >= 0.3 is 21.1 Å². The molecule has 0 aromatic heterocycles. The second-order valence-corrected chi connectivity index (χ2v) is 1.40. The van der Waals surface area contributed by atoms with Crippen molar-refractivity contribution in [2.24, 2.45) is 22.9 Å². The van der Waals surface area contributed by atoms with Crippen molar-refractivity contribution in [1.29, 1.82) is 0 Å². The van der Waals surface area contributed by atoms with Gasteiger partial charge in [0.1, 0.15) is 0 Å². The number of hydrogen-bond acceptors (Lipinski definition) is 7. The molecule has 0 saturated carbocycles. The first-order valence-electron chi connectivity index (χ1n) is 3.25. The van der Waals surface area contributed by atoms with Crippen LogP contribution < -0.4 is 33.1 Å². The Morgan fingerprint density at radius 1 is 0.846 bits per heavy atom. The molecule has 8 N–H and O–H groups in total. The number of hydrogen-bond donors (Lipinski definition) is 4. The zero-order valence-electron chi connectivity index (χ0n) is 7.18. The SMILES string of the molecule is NCCN.NCCN.O=C([O-])[O-].[Pt+2]. The predicted molar refractivity (Wildman–Crippen MR) is 41.6 cm³/mol. The average Bonchev–Trinajstić information content (AvgIpc) is 2.03. The van der Waals surface area contributed by atoms with Crippen LogP contribution >= 0.6 is 0 Å². The van der Waals surface area contributed by atoms with Gasteiger partial charge in [-0.15, -0.1) is 0 Å². The molecule has 0 aliphatic carbocycles. The van der Waals surface area contributed by atoms with Gasteiger partial charge in [0.2, 0.25) is 0 Å². The third-order valence-electron chi connectivity index (χ3n) is 0.333. The van der Waals surface area contributed by atoms with Crippen LogP contribution in [0.3, 0.4) is 0 Å². The van der Waals surface area contributed by atoms with Gasteiger partial charge in [-0.1, -0.05) is 0 Å². The predicted octanol–water partition coefficient (Wildman–Crippen LogP) is -4.64. The van der Waals surface area contributed by atoms with E-state index in [0.717, 1.165) is 0 Å². The van der Waals surface area contributed by atoms with Crippen LogP contribution in [0.15, 0.2) is 0 Å². The molecular formula is C5H16N4O3Pt. The van der Waals surface area contributed by atoms with E-state index in [1.807, 2.05) is 0 Å². The molecule has 0 fully saturated rings. The Morgan fingerprint density at radius 2 is 0.923 bits per heavy atom. The Labute approximate surface area is 91.7 Å². The number of carboxylic acid groups (broad SMARTS) is 2. The van der Waals surface area contributed by atoms with Crippen LogP contribution in [-0.2, 0) is 21.1 Å². The minimum atomic E-state index is -2.33. The number of nitrogens with two attached hydrogens (primary N) is 4. The van der Waals surface area contributed by atoms with Gasteiger partial charge in [-0.3, -0.25) is 0 Å². The minimum absolute atomic E-state index is 0. The molecule has 84 valence electrons. The van der Waals surface area contributed by atoms with Crippen molar-refractivity contribution < 1.29 is 36.1 Å². The Bertz CT molecular complexity index is 74.2. The molecule has 0 unspecified atom stereocenters. The molecule has 0 radical (unpaired) electrons. The summed E-state index contributed by atoms with van der Waals surface area (Å²) in [7, 11) is 0. The van der Waals surface area contributed by atoms with E-state index in [9.17, 15) is 0 Å². The monoisotopic (exact) mass is 375 g/mol. The van der Waals surface area contributed by atoms with Gasteiger partial charge in [0.25, 0.3) is 0 Å². The summed E-state index contributed by atoms with van der Waals surface area (Å²) in [5, 5.41) is 16.7. The van der Waals surface area contributed by atoms with Gasteiger partial charge in [0.05, 0.1) is 0 Å². The van der Waals surface area contributed by atoms with Crippen LogP contribution in [0.25, 0.3) is 0 Å². The normalized spacial score (nSPS) is 6.46. The van der Waals surface area contributed by atoms with Crippen molar-refractivity contribution in [1.82, 2.24) is 0 Å². The van der Waals surface area contributed by atoms with Crippen LogP contribution in [0.2, 0.25) is 0 Å². The molecular weight excluding hydrogens is 359 g/mol. The number of carbonyl (C=O) groups excluding carboxylic acids is 1. The van der Waals surface area contributed by atoms with Gasteiger partial charge in [-0.2, -0.15) is 0 Å². The summed E-state index contributed by atoms with van der Waals surface area (Å²) in [6.45, 7) is 2.39. The van der Waals surface area contributed by atoms with E-state index < -0.39 is 6.16 Å². The fraction of sp³-hybridized carbons (Fsp3) is 0.800. The molecule has 0 bridgehead atoms. The van der Waals surface area contributed by atoms with Crippen LogP contribution in [0, 0.1) is 0 Å². The second kappa shape index (κ2) is 29.8. The molecule has 0 aliphatic heterocycles. The van der Waals surface area contributed by atoms with Crippen LogP contribution in [0.5, 0.6) is 0 Å². The maximum atomic E-state index is 8.33. The Hall–Kier alpha value is -0.202. The van der Waals surface area contributed by atoms with Crippen LogP contribution in [0.1, 0.15) is 0 Å². The molecule has 0 rings (SSSR count). The topological polar surface area (TPSA) is 167 Å². The van der Waals surface area contributed by atoms with Crippen molar-refractivity contribution >= 4 is 6.16 Å². The minimum Gasteiger partial charge on any atom is -0.652 e. The summed E-state index contributed by atoms with van der Waals surface area (Å²) in [4.78, 5) is 8.33. The van der Waals surface area contributed by atoms with E-state index in [-0.39, 0.29) is 21.1 Å². The van der Waals surface area contributed by atoms with Crippen LogP contribution in [0.4, 0.5) is 4.79 Å². The molecule has 0 aromatic carbocycles. The molecule has 0 aromatic rings. The van der Waals surface area contributed by atoms with Crippen molar-refractivity contribution in [2.45, 2.75) is 0 Å². The summed E-state index contributed by atoms with van der Waals surface area (Å²) >= 11 is 0. The average molecular weight is 375 g/mol. The van der Waals surface area contributed by atoms with E-state index in [4.69, 9.17) is 37.9 Å². The molecule has 0 saturated heterocycles. The zero-order chi connectivity index (χ0) is 10.4. The van der Waals surface area contributed by atoms with Crippen molar-refractivity contribution in [3.8, 4) is 0 Å². The third kappa shape index (κ3) is 350. The van der Waals surface area contributed by atoms with E-state index in [1.165, 1.54) is 0 Å². The maximum Gasteiger partial charge on any atom is 2.00 e. The first kappa shape index (κ1) is 23.0. The molecule has 13 heavy (non-hydrogen) atoms. The van der Waals surface area contributed by atoms with Gasteiger partial charge in [-0.05, 0) is 6.16 Å². The first-order valence-corrected chi connectivity index (χ1v) is 3.25. The van der Waals surface area contributed by atoms with E-state index in [2.05, 4.69) is 0 Å². The Morgan fingerprint density at radius 3 is 0.923 bits per heavy atom. The molecule has 0 aliphatic rings. The molecule has 8 heteroatoms. The second-order valence-electron chi connectivity index (χ2n) is 1.40. The fourth-order valence-electron chi connectivity index (χ4n) is 0. The van der Waals surface area contributed by atoms with Gasteiger partial charge in [0, 0.05) is 26.2 Å². The third-order valence-corrected chi connectivity index (χ3v) is 0.333. The van der Waals surface area contributed by atoms with Gasteiger partial charge in [0.15, 0.2) is 0 Å². The Kier molecular flexibility index (Phi) is 52.7. The number of carbonyl (C=O) groups is 1. The maximum absolute atomic E-state index is 8.33. The summed E-state index contributed by atoms with van der Waals surface area (Å²) in [6.07, 6.45) is -2.33. The van der Waals surface area contributed by atoms with Crippen molar-refractivity contribution in [3.63, 3.8) is 0 Å². The first-order chi connectivity index (χ1) is 5.56. The standard InChI is InChI=1S/2C2H8N2.CH2O3.Pt/c2*3-1-2-4;2-1(3)4;/h2*1-4H2;(H2,2,3,4);/q;;;+2/p-2. The van der Waals surface area contributed by atoms with Crippen molar-refractivity contribution in [3.05, 3.63) is 0 Å². The summed E-state index contributed by atoms with van der Waals surface area (Å²) in [5.74, 6) is 0. The molecule has 0 spiro atoms. The molecule has 0 atom stereocenters. The Balaban J connectivity index is -0.0000000450. The molecule has 0 amide bonds. The largest absolute Gasteiger partial charge is 2.00 e. The summed E-state index contributed by atoms with van der Waals surface area (Å²) < 4.78 is 0. The van der Waals surface area contributed by atoms with Gasteiger partial charge < -0.3 is 37.9 Å². The summed E-state index contributed by atoms with van der Waals surface area (Å²) in [6, 6.07) is 0. The number of rotatable bonds is 2. The van der Waals surface area contributed by atoms with E-state index >= 15 is 0 Å².